The molecule has 0 spiro atoms. The van der Waals surface area contributed by atoms with Crippen molar-refractivity contribution in [1.82, 2.24) is 4.98 Å². The highest BCUT2D eigenvalue weighted by molar-refractivity contribution is 6.00. The van der Waals surface area contributed by atoms with Crippen molar-refractivity contribution in [1.29, 1.82) is 0 Å². The van der Waals surface area contributed by atoms with E-state index in [9.17, 15) is 13.2 Å². The van der Waals surface area contributed by atoms with Gasteiger partial charge in [0.25, 0.3) is 0 Å². The Bertz CT molecular complexity index is 1830. The fraction of sp³-hybridized carbons (Fsp3) is 0.0588. The average Bonchev–Trinajstić information content (AvgIpc) is 3.52. The molecule has 0 fully saturated rings. The highest BCUT2D eigenvalue weighted by Gasteiger charge is 2.34. The molecule has 4 aromatic carbocycles. The highest BCUT2D eigenvalue weighted by Crippen LogP contribution is 2.48. The number of benzene rings is 4. The van der Waals surface area contributed by atoms with E-state index in [4.69, 9.17) is 4.42 Å². The minimum atomic E-state index is -4.40. The molecule has 1 atom stereocenters. The van der Waals surface area contributed by atoms with Crippen molar-refractivity contribution in [2.75, 3.05) is 0 Å². The zero-order valence-electron chi connectivity index (χ0n) is 20.7. The largest absolute Gasteiger partial charge is 0.456 e. The fourth-order valence-corrected chi connectivity index (χ4v) is 5.60. The van der Waals surface area contributed by atoms with Crippen molar-refractivity contribution in [2.45, 2.75) is 12.1 Å². The van der Waals surface area contributed by atoms with E-state index in [0.29, 0.717) is 11.3 Å². The Morgan fingerprint density at radius 3 is 2.08 bits per heavy atom. The van der Waals surface area contributed by atoms with Gasteiger partial charge in [0.05, 0.1) is 11.3 Å². The maximum Gasteiger partial charge on any atom is 0.416 e. The van der Waals surface area contributed by atoms with Crippen LogP contribution in [0, 0.1) is 0 Å². The number of halogens is 3. The number of fused-ring (bicyclic) bond motifs is 4. The van der Waals surface area contributed by atoms with E-state index in [1.807, 2.05) is 72.8 Å². The van der Waals surface area contributed by atoms with Gasteiger partial charge in [-0.3, -0.25) is 0 Å². The SMILES string of the molecule is FC(F)(F)c1ccc(C2=Cc3oc(-c4ccccc4)cc3C(c3ccccc3)c3c2[nH]c2ccccc32)cc1. The van der Waals surface area contributed by atoms with Crippen LogP contribution >= 0.6 is 0 Å². The number of aromatic nitrogens is 1. The number of hydrogen-bond donors (Lipinski definition) is 1. The quantitative estimate of drug-likeness (QED) is 0.248. The van der Waals surface area contributed by atoms with Crippen molar-refractivity contribution >= 4 is 22.6 Å². The lowest BCUT2D eigenvalue weighted by Crippen LogP contribution is -2.05. The summed E-state index contributed by atoms with van der Waals surface area (Å²) in [5, 5.41) is 1.06. The van der Waals surface area contributed by atoms with E-state index in [2.05, 4.69) is 29.2 Å². The molecule has 190 valence electrons. The molecule has 0 saturated heterocycles. The average molecular weight is 518 g/mol. The third-order valence-corrected chi connectivity index (χ3v) is 7.40. The summed E-state index contributed by atoms with van der Waals surface area (Å²) in [5.41, 5.74) is 6.76. The van der Waals surface area contributed by atoms with E-state index < -0.39 is 11.7 Å². The Labute approximate surface area is 223 Å². The predicted octanol–water partition coefficient (Wildman–Crippen LogP) is 9.53. The molecule has 2 nitrogen and oxygen atoms in total. The third-order valence-electron chi connectivity index (χ3n) is 7.40. The first kappa shape index (κ1) is 23.4. The second-order valence-corrected chi connectivity index (χ2v) is 9.73. The minimum Gasteiger partial charge on any atom is -0.456 e. The van der Waals surface area contributed by atoms with Gasteiger partial charge in [-0.15, -0.1) is 0 Å². The van der Waals surface area contributed by atoms with Crippen LogP contribution in [0.2, 0.25) is 0 Å². The first-order chi connectivity index (χ1) is 19.0. The van der Waals surface area contributed by atoms with Crippen LogP contribution in [0.1, 0.15) is 45.2 Å². The molecule has 0 bridgehead atoms. The number of hydrogen-bond acceptors (Lipinski definition) is 1. The van der Waals surface area contributed by atoms with Crippen LogP contribution in [-0.4, -0.2) is 4.98 Å². The minimum absolute atomic E-state index is 0.156. The van der Waals surface area contributed by atoms with Crippen molar-refractivity contribution in [3.8, 4) is 11.3 Å². The van der Waals surface area contributed by atoms with E-state index in [1.165, 1.54) is 12.1 Å². The highest BCUT2D eigenvalue weighted by atomic mass is 19.4. The van der Waals surface area contributed by atoms with Gasteiger partial charge in [-0.05, 0) is 47.0 Å². The molecule has 5 heteroatoms. The summed E-state index contributed by atoms with van der Waals surface area (Å²) in [7, 11) is 0. The van der Waals surface area contributed by atoms with Crippen LogP contribution in [0.4, 0.5) is 13.2 Å². The lowest BCUT2D eigenvalue weighted by molar-refractivity contribution is -0.137. The normalized spacial score (nSPS) is 14.9. The molecular formula is C34H22F3NO. The van der Waals surface area contributed by atoms with E-state index in [-0.39, 0.29) is 5.92 Å². The van der Waals surface area contributed by atoms with Crippen LogP contribution in [0.3, 0.4) is 0 Å². The Kier molecular flexibility index (Phi) is 5.34. The molecular weight excluding hydrogens is 495 g/mol. The Morgan fingerprint density at radius 1 is 0.692 bits per heavy atom. The second kappa shape index (κ2) is 8.91. The number of furan rings is 1. The summed E-state index contributed by atoms with van der Waals surface area (Å²) in [5.74, 6) is 1.27. The molecule has 2 heterocycles. The topological polar surface area (TPSA) is 28.9 Å². The summed E-state index contributed by atoms with van der Waals surface area (Å²) in [6.45, 7) is 0. The van der Waals surface area contributed by atoms with Crippen LogP contribution in [-0.2, 0) is 6.18 Å². The van der Waals surface area contributed by atoms with E-state index >= 15 is 0 Å². The van der Waals surface area contributed by atoms with Gasteiger partial charge in [0.2, 0.25) is 0 Å². The molecule has 1 aliphatic carbocycles. The molecule has 0 aliphatic heterocycles. The summed E-state index contributed by atoms with van der Waals surface area (Å²) in [6.07, 6.45) is -2.44. The monoisotopic (exact) mass is 517 g/mol. The number of aromatic amines is 1. The second-order valence-electron chi connectivity index (χ2n) is 9.73. The van der Waals surface area contributed by atoms with Crippen molar-refractivity contribution < 1.29 is 17.6 Å². The molecule has 39 heavy (non-hydrogen) atoms. The van der Waals surface area contributed by atoms with Crippen LogP contribution in [0.15, 0.2) is 120 Å². The number of alkyl halides is 3. The number of para-hydroxylation sites is 1. The number of H-pyrrole nitrogens is 1. The van der Waals surface area contributed by atoms with E-state index in [0.717, 1.165) is 62.3 Å². The molecule has 0 saturated carbocycles. The van der Waals surface area contributed by atoms with Gasteiger partial charge in [-0.1, -0.05) is 91.0 Å². The fourth-order valence-electron chi connectivity index (χ4n) is 5.60. The predicted molar refractivity (Wildman–Crippen MR) is 148 cm³/mol. The van der Waals surface area contributed by atoms with Gasteiger partial charge in [0, 0.05) is 33.5 Å². The molecule has 0 radical (unpaired) electrons. The van der Waals surface area contributed by atoms with Crippen LogP contribution in [0.25, 0.3) is 33.9 Å². The maximum absolute atomic E-state index is 13.4. The van der Waals surface area contributed by atoms with Gasteiger partial charge in [-0.2, -0.15) is 13.2 Å². The smallest absolute Gasteiger partial charge is 0.416 e. The van der Waals surface area contributed by atoms with Crippen molar-refractivity contribution in [3.05, 3.63) is 155 Å². The Balaban J connectivity index is 1.53. The van der Waals surface area contributed by atoms with Gasteiger partial charge in [-0.25, -0.2) is 0 Å². The first-order valence-corrected chi connectivity index (χ1v) is 12.7. The summed E-state index contributed by atoms with van der Waals surface area (Å²) < 4.78 is 46.6. The van der Waals surface area contributed by atoms with Gasteiger partial charge >= 0.3 is 6.18 Å². The summed E-state index contributed by atoms with van der Waals surface area (Å²) >= 11 is 0. The number of nitrogens with one attached hydrogen (secondary N) is 1. The zero-order chi connectivity index (χ0) is 26.6. The van der Waals surface area contributed by atoms with Crippen LogP contribution in [0.5, 0.6) is 0 Å². The first-order valence-electron chi connectivity index (χ1n) is 12.7. The Morgan fingerprint density at radius 2 is 1.36 bits per heavy atom. The molecule has 1 unspecified atom stereocenters. The van der Waals surface area contributed by atoms with Crippen molar-refractivity contribution in [3.63, 3.8) is 0 Å². The van der Waals surface area contributed by atoms with Crippen LogP contribution < -0.4 is 0 Å². The lowest BCUT2D eigenvalue weighted by atomic mass is 9.83. The molecule has 2 aromatic heterocycles. The molecule has 1 N–H and O–H groups in total. The van der Waals surface area contributed by atoms with Gasteiger partial charge in [0.1, 0.15) is 11.5 Å². The summed E-state index contributed by atoms with van der Waals surface area (Å²) in [4.78, 5) is 3.59. The van der Waals surface area contributed by atoms with Crippen molar-refractivity contribution in [2.24, 2.45) is 0 Å². The lowest BCUT2D eigenvalue weighted by Gasteiger charge is -2.18. The zero-order valence-corrected chi connectivity index (χ0v) is 20.7. The molecule has 1 aliphatic rings. The maximum atomic E-state index is 13.4. The molecule has 7 rings (SSSR count). The van der Waals surface area contributed by atoms with E-state index in [1.54, 1.807) is 0 Å². The summed E-state index contributed by atoms with van der Waals surface area (Å²) in [6, 6.07) is 35.7. The van der Waals surface area contributed by atoms with Gasteiger partial charge in [0.15, 0.2) is 0 Å². The standard InChI is InChI=1S/C34H22F3NO/c35-34(36,37)24-17-15-21(16-18-24)26-19-30-27(20-29(39-30)22-9-3-1-4-10-22)31(23-11-5-2-6-12-23)32-25-13-7-8-14-28(25)38-33(26)32/h1-20,31,38H. The molecule has 0 amide bonds. The number of rotatable bonds is 3. The molecule has 6 aromatic rings. The Hall–Kier alpha value is -4.77. The van der Waals surface area contributed by atoms with Gasteiger partial charge < -0.3 is 9.40 Å². The third kappa shape index (κ3) is 3.98.